The van der Waals surface area contributed by atoms with Crippen molar-refractivity contribution >= 4 is 6.29 Å². The first-order valence-electron chi connectivity index (χ1n) is 8.46. The van der Waals surface area contributed by atoms with Crippen molar-refractivity contribution in [2.24, 2.45) is 0 Å². The summed E-state index contributed by atoms with van der Waals surface area (Å²) in [6.45, 7) is -0.688. The predicted molar refractivity (Wildman–Crippen MR) is 95.7 cm³/mol. The van der Waals surface area contributed by atoms with Crippen LogP contribution in [0.3, 0.4) is 0 Å². The molecule has 1 aliphatic rings. The SMILES string of the molecule is O=CC(O)C(O)C(O)CO.c1ccc(C2CCc3ccccc3O2)cc1. The molecule has 1 heterocycles. The minimum Gasteiger partial charge on any atom is -0.485 e. The minimum absolute atomic E-state index is 0.0869. The molecule has 6 heteroatoms. The Morgan fingerprint density at radius 3 is 2.35 bits per heavy atom. The molecule has 0 saturated heterocycles. The van der Waals surface area contributed by atoms with E-state index in [-0.39, 0.29) is 12.4 Å². The molecule has 0 bridgehead atoms. The predicted octanol–water partition coefficient (Wildman–Crippen LogP) is 1.01. The Bertz CT molecular complexity index is 675. The van der Waals surface area contributed by atoms with Gasteiger partial charge in [0.1, 0.15) is 30.2 Å². The largest absolute Gasteiger partial charge is 0.485 e. The summed E-state index contributed by atoms with van der Waals surface area (Å²) in [5, 5.41) is 34.1. The van der Waals surface area contributed by atoms with E-state index in [9.17, 15) is 4.79 Å². The molecule has 4 unspecified atom stereocenters. The van der Waals surface area contributed by atoms with Crippen LogP contribution in [0, 0.1) is 0 Å². The molecule has 0 radical (unpaired) electrons. The highest BCUT2D eigenvalue weighted by molar-refractivity contribution is 5.56. The summed E-state index contributed by atoms with van der Waals surface area (Å²) in [7, 11) is 0. The van der Waals surface area contributed by atoms with E-state index in [1.165, 1.54) is 11.1 Å². The maximum atomic E-state index is 9.76. The van der Waals surface area contributed by atoms with Crippen molar-refractivity contribution in [1.29, 1.82) is 0 Å². The number of benzene rings is 2. The third-order valence-electron chi connectivity index (χ3n) is 4.16. The highest BCUT2D eigenvalue weighted by Crippen LogP contribution is 2.34. The zero-order valence-electron chi connectivity index (χ0n) is 14.3. The van der Waals surface area contributed by atoms with Crippen molar-refractivity contribution in [3.8, 4) is 5.75 Å². The maximum absolute atomic E-state index is 9.76. The van der Waals surface area contributed by atoms with Crippen LogP contribution < -0.4 is 4.74 Å². The smallest absolute Gasteiger partial charge is 0.151 e. The molecular formula is C20H24O6. The third kappa shape index (κ3) is 5.37. The molecule has 2 aromatic rings. The number of carbonyl (C=O) groups excluding carboxylic acids is 1. The molecule has 140 valence electrons. The maximum Gasteiger partial charge on any atom is 0.151 e. The van der Waals surface area contributed by atoms with E-state index in [0.717, 1.165) is 18.6 Å². The van der Waals surface area contributed by atoms with Crippen LogP contribution in [0.5, 0.6) is 5.75 Å². The quantitative estimate of drug-likeness (QED) is 0.593. The summed E-state index contributed by atoms with van der Waals surface area (Å²) in [6, 6.07) is 18.8. The minimum atomic E-state index is -1.64. The number of rotatable bonds is 5. The van der Waals surface area contributed by atoms with E-state index in [0.29, 0.717) is 0 Å². The summed E-state index contributed by atoms with van der Waals surface area (Å²) in [4.78, 5) is 9.76. The molecule has 1 aliphatic heterocycles. The molecule has 0 saturated carbocycles. The normalized spacial score (nSPS) is 19.0. The van der Waals surface area contributed by atoms with E-state index in [2.05, 4.69) is 42.5 Å². The number of aliphatic hydroxyl groups excluding tert-OH is 4. The molecule has 0 spiro atoms. The van der Waals surface area contributed by atoms with Gasteiger partial charge in [-0.3, -0.25) is 0 Å². The molecule has 0 amide bonds. The van der Waals surface area contributed by atoms with Gasteiger partial charge in [0, 0.05) is 0 Å². The summed E-state index contributed by atoms with van der Waals surface area (Å²) in [5.41, 5.74) is 2.60. The fourth-order valence-corrected chi connectivity index (χ4v) is 2.64. The second kappa shape index (κ2) is 10.0. The third-order valence-corrected chi connectivity index (χ3v) is 4.16. The molecule has 0 fully saturated rings. The average Bonchev–Trinajstić information content (AvgIpc) is 2.72. The van der Waals surface area contributed by atoms with Gasteiger partial charge in [0.25, 0.3) is 0 Å². The number of aliphatic hydroxyl groups is 4. The van der Waals surface area contributed by atoms with Crippen LogP contribution >= 0.6 is 0 Å². The van der Waals surface area contributed by atoms with E-state index < -0.39 is 24.9 Å². The van der Waals surface area contributed by atoms with Gasteiger partial charge >= 0.3 is 0 Å². The number of ether oxygens (including phenoxy) is 1. The van der Waals surface area contributed by atoms with Gasteiger partial charge < -0.3 is 30.0 Å². The van der Waals surface area contributed by atoms with Crippen molar-refractivity contribution in [2.45, 2.75) is 37.3 Å². The van der Waals surface area contributed by atoms with Crippen LogP contribution in [0.4, 0.5) is 0 Å². The van der Waals surface area contributed by atoms with Gasteiger partial charge in [-0.05, 0) is 30.0 Å². The fraction of sp³-hybridized carbons (Fsp3) is 0.350. The summed E-state index contributed by atoms with van der Waals surface area (Å²) >= 11 is 0. The number of hydrogen-bond donors (Lipinski definition) is 4. The zero-order valence-corrected chi connectivity index (χ0v) is 14.3. The molecule has 2 aromatic carbocycles. The lowest BCUT2D eigenvalue weighted by Gasteiger charge is -2.26. The van der Waals surface area contributed by atoms with E-state index in [1.54, 1.807) is 0 Å². The van der Waals surface area contributed by atoms with Gasteiger partial charge in [-0.25, -0.2) is 0 Å². The lowest BCUT2D eigenvalue weighted by molar-refractivity contribution is -0.127. The van der Waals surface area contributed by atoms with Crippen molar-refractivity contribution in [3.63, 3.8) is 0 Å². The van der Waals surface area contributed by atoms with Crippen molar-refractivity contribution in [2.75, 3.05) is 6.61 Å². The highest BCUT2D eigenvalue weighted by atomic mass is 16.5. The first-order valence-corrected chi connectivity index (χ1v) is 8.46. The molecular weight excluding hydrogens is 336 g/mol. The van der Waals surface area contributed by atoms with E-state index >= 15 is 0 Å². The average molecular weight is 360 g/mol. The molecule has 6 nitrogen and oxygen atoms in total. The molecule has 0 aliphatic carbocycles. The van der Waals surface area contributed by atoms with Crippen LogP contribution in [0.15, 0.2) is 54.6 Å². The monoisotopic (exact) mass is 360 g/mol. The fourth-order valence-electron chi connectivity index (χ4n) is 2.64. The van der Waals surface area contributed by atoms with Gasteiger partial charge in [0.2, 0.25) is 0 Å². The number of para-hydroxylation sites is 1. The van der Waals surface area contributed by atoms with Crippen LogP contribution in [0.1, 0.15) is 23.7 Å². The first-order chi connectivity index (χ1) is 12.6. The van der Waals surface area contributed by atoms with Gasteiger partial charge in [0.05, 0.1) is 6.61 Å². The molecule has 4 N–H and O–H groups in total. The van der Waals surface area contributed by atoms with Gasteiger partial charge in [-0.15, -0.1) is 0 Å². The van der Waals surface area contributed by atoms with Crippen LogP contribution in [0.25, 0.3) is 0 Å². The van der Waals surface area contributed by atoms with Crippen LogP contribution in [-0.2, 0) is 11.2 Å². The summed E-state index contributed by atoms with van der Waals surface area (Å²) < 4.78 is 6.02. The summed E-state index contributed by atoms with van der Waals surface area (Å²) in [5.74, 6) is 1.04. The Labute approximate surface area is 152 Å². The second-order valence-corrected chi connectivity index (χ2v) is 6.03. The highest BCUT2D eigenvalue weighted by Gasteiger charge is 2.23. The Morgan fingerprint density at radius 2 is 1.69 bits per heavy atom. The Kier molecular flexibility index (Phi) is 7.74. The molecule has 26 heavy (non-hydrogen) atoms. The molecule has 4 atom stereocenters. The Hall–Kier alpha value is -2.25. The Morgan fingerprint density at radius 1 is 1.04 bits per heavy atom. The molecule has 3 rings (SSSR count). The number of hydrogen-bond acceptors (Lipinski definition) is 6. The number of aryl methyl sites for hydroxylation is 1. The summed E-state index contributed by atoms with van der Waals surface area (Å²) in [6.07, 6.45) is -2.23. The number of fused-ring (bicyclic) bond motifs is 1. The van der Waals surface area contributed by atoms with Crippen molar-refractivity contribution < 1.29 is 30.0 Å². The van der Waals surface area contributed by atoms with Crippen LogP contribution in [0.2, 0.25) is 0 Å². The number of aldehydes is 1. The lowest BCUT2D eigenvalue weighted by atomic mass is 9.98. The van der Waals surface area contributed by atoms with Gasteiger partial charge in [-0.2, -0.15) is 0 Å². The van der Waals surface area contributed by atoms with Crippen molar-refractivity contribution in [1.82, 2.24) is 0 Å². The van der Waals surface area contributed by atoms with E-state index in [1.807, 2.05) is 12.1 Å². The van der Waals surface area contributed by atoms with Crippen LogP contribution in [-0.4, -0.2) is 51.6 Å². The van der Waals surface area contributed by atoms with Gasteiger partial charge in [0.15, 0.2) is 6.29 Å². The standard InChI is InChI=1S/C15H14O.C5H10O5/c1-2-6-12(7-3-1)15-11-10-13-8-4-5-9-14(13)16-15;6-1-3(8)5(10)4(9)2-7/h1-9,15H,10-11H2;1,3-5,7-10H,2H2. The Balaban J connectivity index is 0.000000213. The number of carbonyl (C=O) groups is 1. The van der Waals surface area contributed by atoms with E-state index in [4.69, 9.17) is 25.2 Å². The topological polar surface area (TPSA) is 107 Å². The van der Waals surface area contributed by atoms with Crippen molar-refractivity contribution in [3.05, 3.63) is 65.7 Å². The first kappa shape index (κ1) is 20.1. The zero-order chi connectivity index (χ0) is 18.9. The molecule has 0 aromatic heterocycles. The van der Waals surface area contributed by atoms with Gasteiger partial charge in [-0.1, -0.05) is 48.5 Å². The lowest BCUT2D eigenvalue weighted by Crippen LogP contribution is -2.40. The second-order valence-electron chi connectivity index (χ2n) is 6.03.